The van der Waals surface area contributed by atoms with E-state index in [0.29, 0.717) is 10.8 Å². The van der Waals surface area contributed by atoms with E-state index >= 15 is 0 Å². The average molecular weight is 490 g/mol. The number of carbonyl (C=O) groups is 2. The van der Waals surface area contributed by atoms with E-state index < -0.39 is 64.6 Å². The molecule has 1 saturated heterocycles. The molecule has 3 rings (SSSR count). The summed E-state index contributed by atoms with van der Waals surface area (Å²) in [6.45, 7) is 1.93. The molecule has 4 N–H and O–H groups in total. The highest BCUT2D eigenvalue weighted by atomic mass is 19.4. The molecule has 1 aliphatic heterocycles. The second-order valence-corrected chi connectivity index (χ2v) is 7.94. The predicted molar refractivity (Wildman–Crippen MR) is 105 cm³/mol. The molecule has 2 heterocycles. The van der Waals surface area contributed by atoms with Crippen molar-refractivity contribution in [3.63, 3.8) is 0 Å². The van der Waals surface area contributed by atoms with Gasteiger partial charge in [0.05, 0.1) is 12.8 Å². The number of anilines is 1. The first kappa shape index (κ1) is 25.1. The Balaban J connectivity index is 2.08. The van der Waals surface area contributed by atoms with E-state index in [9.17, 15) is 36.7 Å². The van der Waals surface area contributed by atoms with Crippen molar-refractivity contribution in [1.82, 2.24) is 0 Å². The quantitative estimate of drug-likeness (QED) is 0.339. The Morgan fingerprint density at radius 2 is 1.91 bits per heavy atom. The van der Waals surface area contributed by atoms with Gasteiger partial charge in [-0.3, -0.25) is 14.8 Å². The van der Waals surface area contributed by atoms with E-state index in [1.54, 1.807) is 0 Å². The number of alkyl halides is 3. The molecule has 1 fully saturated rings. The maximum atomic E-state index is 14.4. The Hall–Kier alpha value is -3.48. The van der Waals surface area contributed by atoms with Crippen molar-refractivity contribution in [2.75, 3.05) is 12.4 Å². The summed E-state index contributed by atoms with van der Waals surface area (Å²) in [5.41, 5.74) is 1.61. The first-order valence-electron chi connectivity index (χ1n) is 9.85. The molecule has 34 heavy (non-hydrogen) atoms. The van der Waals surface area contributed by atoms with Crippen molar-refractivity contribution >= 4 is 17.5 Å². The highest BCUT2D eigenvalue weighted by Gasteiger charge is 2.65. The van der Waals surface area contributed by atoms with Crippen LogP contribution in [0.15, 0.2) is 30.5 Å². The molecule has 0 radical (unpaired) electrons. The summed E-state index contributed by atoms with van der Waals surface area (Å²) in [6, 6.07) is 3.90. The van der Waals surface area contributed by atoms with E-state index in [2.05, 4.69) is 5.32 Å². The van der Waals surface area contributed by atoms with Crippen LogP contribution in [-0.2, 0) is 9.53 Å². The summed E-state index contributed by atoms with van der Waals surface area (Å²) in [6.07, 6.45) is -5.76. The normalized spacial score (nSPS) is 24.6. The lowest BCUT2D eigenvalue weighted by molar-refractivity contribution is -0.905. The molecule has 1 aliphatic rings. The fraction of sp³-hybridized carbons (Fsp3) is 0.381. The number of aromatic nitrogens is 1. The van der Waals surface area contributed by atoms with Crippen LogP contribution in [0, 0.1) is 17.6 Å². The number of rotatable bonds is 5. The number of nitrogens with two attached hydrogens (primary N) is 1. The highest BCUT2D eigenvalue weighted by Crippen LogP contribution is 2.54. The summed E-state index contributed by atoms with van der Waals surface area (Å²) in [5, 5.41) is 11.9. The van der Waals surface area contributed by atoms with Gasteiger partial charge in [-0.05, 0) is 13.0 Å². The highest BCUT2D eigenvalue weighted by molar-refractivity contribution is 5.97. The average Bonchev–Trinajstić information content (AvgIpc) is 3.03. The third kappa shape index (κ3) is 4.11. The SMILES string of the molecule is COc1c([C@@H]2[C@@H](C)[C@](C)(C(F)(F)F)O[C@H]2C(=O)Nc2cc[n+](O)c(C(N)=O)c2)ccc(F)c1F. The number of ether oxygens (including phenoxy) is 2. The van der Waals surface area contributed by atoms with E-state index in [-0.39, 0.29) is 11.3 Å². The van der Waals surface area contributed by atoms with E-state index in [0.717, 1.165) is 38.4 Å². The van der Waals surface area contributed by atoms with Crippen molar-refractivity contribution in [2.24, 2.45) is 11.7 Å². The largest absolute Gasteiger partial charge is 0.493 e. The van der Waals surface area contributed by atoms with Crippen LogP contribution in [-0.4, -0.2) is 42.0 Å². The second-order valence-electron chi connectivity index (χ2n) is 7.94. The Morgan fingerprint density at radius 1 is 1.26 bits per heavy atom. The van der Waals surface area contributed by atoms with Crippen LogP contribution >= 0.6 is 0 Å². The molecular weight excluding hydrogens is 469 g/mol. The minimum atomic E-state index is -4.92. The number of halogens is 5. The lowest BCUT2D eigenvalue weighted by Gasteiger charge is -2.32. The molecule has 0 unspecified atom stereocenters. The molecule has 13 heteroatoms. The van der Waals surface area contributed by atoms with Crippen LogP contribution in [0.3, 0.4) is 0 Å². The summed E-state index contributed by atoms with van der Waals surface area (Å²) < 4.78 is 80.5. The lowest BCUT2D eigenvalue weighted by Crippen LogP contribution is -2.47. The molecule has 2 aromatic rings. The van der Waals surface area contributed by atoms with Crippen molar-refractivity contribution in [3.8, 4) is 5.75 Å². The number of carbonyl (C=O) groups excluding carboxylic acids is 2. The third-order valence-corrected chi connectivity index (χ3v) is 6.02. The minimum Gasteiger partial charge on any atom is -0.493 e. The number of primary amides is 1. The molecule has 184 valence electrons. The maximum absolute atomic E-state index is 14.4. The molecule has 0 bridgehead atoms. The van der Waals surface area contributed by atoms with Gasteiger partial charge in [0.25, 0.3) is 5.91 Å². The standard InChI is InChI=1S/C21H20F5N3O5/c1-9-14(11-4-5-12(22)15(23)16(11)33-3)17(34-20(9,2)21(24,25)26)19(31)28-10-6-7-29(32)13(8-10)18(27)30/h4-9,14,17,32H,1-3H3,(H2,27,30)/p+1/t9-,14+,17-,20-/m1/s1. The summed E-state index contributed by atoms with van der Waals surface area (Å²) >= 11 is 0. The number of hydrogen-bond acceptors (Lipinski definition) is 5. The fourth-order valence-electron chi connectivity index (χ4n) is 4.01. The topological polar surface area (TPSA) is 115 Å². The zero-order chi connectivity index (χ0) is 25.6. The van der Waals surface area contributed by atoms with Gasteiger partial charge in [0.1, 0.15) is 6.10 Å². The summed E-state index contributed by atoms with van der Waals surface area (Å²) in [4.78, 5) is 24.5. The first-order valence-corrected chi connectivity index (χ1v) is 9.85. The van der Waals surface area contributed by atoms with E-state index in [1.807, 2.05) is 0 Å². The van der Waals surface area contributed by atoms with Gasteiger partial charge in [-0.2, -0.15) is 17.6 Å². The number of methoxy groups -OCH3 is 1. The van der Waals surface area contributed by atoms with Gasteiger partial charge in [-0.25, -0.2) is 4.39 Å². The molecule has 0 saturated carbocycles. The number of benzene rings is 1. The zero-order valence-corrected chi connectivity index (χ0v) is 18.1. The summed E-state index contributed by atoms with van der Waals surface area (Å²) in [5.74, 6) is -8.30. The maximum Gasteiger partial charge on any atom is 0.417 e. The molecule has 8 nitrogen and oxygen atoms in total. The molecular formula is C21H21F5N3O5+. The Labute approximate surface area is 190 Å². The Kier molecular flexibility index (Phi) is 6.44. The van der Waals surface area contributed by atoms with Crippen LogP contribution in [0.4, 0.5) is 27.6 Å². The smallest absolute Gasteiger partial charge is 0.417 e. The van der Waals surface area contributed by atoms with Crippen LogP contribution in [0.2, 0.25) is 0 Å². The predicted octanol–water partition coefficient (Wildman–Crippen LogP) is 2.68. The lowest BCUT2D eigenvalue weighted by atomic mass is 9.77. The molecule has 1 aromatic carbocycles. The second kappa shape index (κ2) is 8.70. The van der Waals surface area contributed by atoms with Crippen molar-refractivity contribution < 1.29 is 51.0 Å². The van der Waals surface area contributed by atoms with Crippen LogP contribution in [0.5, 0.6) is 5.75 Å². The number of pyridine rings is 1. The molecule has 1 aromatic heterocycles. The van der Waals surface area contributed by atoms with Gasteiger partial charge in [0.2, 0.25) is 12.0 Å². The van der Waals surface area contributed by atoms with E-state index in [1.165, 1.54) is 6.92 Å². The van der Waals surface area contributed by atoms with Gasteiger partial charge in [0, 0.05) is 34.3 Å². The molecule has 4 atom stereocenters. The van der Waals surface area contributed by atoms with Gasteiger partial charge < -0.3 is 20.5 Å². The number of nitrogens with one attached hydrogen (secondary N) is 1. The first-order chi connectivity index (χ1) is 15.7. The van der Waals surface area contributed by atoms with Gasteiger partial charge in [0.15, 0.2) is 17.2 Å². The van der Waals surface area contributed by atoms with Crippen molar-refractivity contribution in [1.29, 1.82) is 0 Å². The Morgan fingerprint density at radius 3 is 2.47 bits per heavy atom. The van der Waals surface area contributed by atoms with Crippen molar-refractivity contribution in [3.05, 3.63) is 53.4 Å². The molecule has 0 aliphatic carbocycles. The Bertz CT molecular complexity index is 1140. The third-order valence-electron chi connectivity index (χ3n) is 6.02. The fourth-order valence-corrected chi connectivity index (χ4v) is 4.01. The zero-order valence-electron chi connectivity index (χ0n) is 18.1. The van der Waals surface area contributed by atoms with Gasteiger partial charge >= 0.3 is 17.8 Å². The van der Waals surface area contributed by atoms with Crippen LogP contribution in [0.25, 0.3) is 0 Å². The summed E-state index contributed by atoms with van der Waals surface area (Å²) in [7, 11) is 1.01. The molecule has 0 spiro atoms. The number of nitrogens with zero attached hydrogens (tertiary/aromatic N) is 1. The number of hydrogen-bond donors (Lipinski definition) is 3. The van der Waals surface area contributed by atoms with Crippen LogP contribution in [0.1, 0.15) is 35.8 Å². The van der Waals surface area contributed by atoms with Crippen LogP contribution < -0.4 is 20.5 Å². The van der Waals surface area contributed by atoms with E-state index in [4.69, 9.17) is 15.2 Å². The monoisotopic (exact) mass is 490 g/mol. The van der Waals surface area contributed by atoms with Crippen molar-refractivity contribution in [2.45, 2.75) is 37.6 Å². The molecule has 2 amide bonds. The van der Waals surface area contributed by atoms with Gasteiger partial charge in [-0.1, -0.05) is 13.0 Å². The minimum absolute atomic E-state index is 0.0861. The number of amides is 2. The van der Waals surface area contributed by atoms with Gasteiger partial charge in [-0.15, -0.1) is 0 Å².